The van der Waals surface area contributed by atoms with Crippen molar-refractivity contribution >= 4 is 11.9 Å². The number of fused-ring (bicyclic) bond motifs is 3. The molecule has 0 bridgehead atoms. The van der Waals surface area contributed by atoms with Gasteiger partial charge in [-0.15, -0.1) is 0 Å². The molecule has 1 amide bonds. The van der Waals surface area contributed by atoms with Crippen LogP contribution >= 0.6 is 0 Å². The van der Waals surface area contributed by atoms with Crippen LogP contribution in [0, 0.1) is 0 Å². The van der Waals surface area contributed by atoms with E-state index in [2.05, 4.69) is 15.0 Å². The first-order valence-corrected chi connectivity index (χ1v) is 12.1. The maximum atomic E-state index is 12.9. The number of carbonyl (C=O) groups excluding carboxylic acids is 1. The van der Waals surface area contributed by atoms with Gasteiger partial charge >= 0.3 is 0 Å². The third-order valence-electron chi connectivity index (χ3n) is 7.26. The van der Waals surface area contributed by atoms with E-state index in [0.717, 1.165) is 80.1 Å². The van der Waals surface area contributed by atoms with Gasteiger partial charge in [0.1, 0.15) is 6.54 Å². The fourth-order valence-corrected chi connectivity index (χ4v) is 5.26. The van der Waals surface area contributed by atoms with Crippen LogP contribution in [0.4, 0.5) is 5.95 Å². The number of aryl methyl sites for hydroxylation is 2. The van der Waals surface area contributed by atoms with E-state index >= 15 is 0 Å². The lowest BCUT2D eigenvalue weighted by Gasteiger charge is -2.31. The van der Waals surface area contributed by atoms with Crippen LogP contribution < -0.4 is 10.5 Å². The third kappa shape index (κ3) is 4.14. The second-order valence-corrected chi connectivity index (χ2v) is 9.39. The zero-order valence-corrected chi connectivity index (χ0v) is 18.9. The van der Waals surface area contributed by atoms with Crippen LogP contribution in [0.1, 0.15) is 62.6 Å². The Morgan fingerprint density at radius 1 is 1.09 bits per heavy atom. The van der Waals surface area contributed by atoms with Gasteiger partial charge in [-0.25, -0.2) is 14.6 Å². The Morgan fingerprint density at radius 2 is 1.84 bits per heavy atom. The van der Waals surface area contributed by atoms with Crippen molar-refractivity contribution in [3.05, 3.63) is 33.9 Å². The quantitative estimate of drug-likeness (QED) is 0.733. The average Bonchev–Trinajstić information content (AvgIpc) is 2.84. The largest absolute Gasteiger partial charge is 0.341 e. The molecule has 0 aromatic carbocycles. The van der Waals surface area contributed by atoms with Crippen molar-refractivity contribution in [3.63, 3.8) is 0 Å². The number of amides is 1. The molecule has 8 heteroatoms. The summed E-state index contributed by atoms with van der Waals surface area (Å²) in [6, 6.07) is 1.91. The number of hydrogen-bond donors (Lipinski definition) is 0. The average molecular weight is 437 g/mol. The van der Waals surface area contributed by atoms with Crippen molar-refractivity contribution in [2.24, 2.45) is 0 Å². The van der Waals surface area contributed by atoms with Gasteiger partial charge in [-0.2, -0.15) is 5.10 Å². The SMILES string of the molecule is CN(C(=O)Cn1nc2c(cc1=O)CCc1nc(N3CCCCC3)ncc1-2)C1CCCCC1. The number of rotatable bonds is 4. The molecule has 0 unspecified atom stereocenters. The molecule has 8 nitrogen and oxygen atoms in total. The minimum atomic E-state index is -0.219. The molecular weight excluding hydrogens is 404 g/mol. The minimum absolute atomic E-state index is 0.0266. The van der Waals surface area contributed by atoms with Crippen LogP contribution in [0.3, 0.4) is 0 Å². The minimum Gasteiger partial charge on any atom is -0.341 e. The molecule has 0 N–H and O–H groups in total. The number of aromatic nitrogens is 4. The highest BCUT2D eigenvalue weighted by atomic mass is 16.2. The van der Waals surface area contributed by atoms with E-state index in [1.54, 1.807) is 6.07 Å². The maximum Gasteiger partial charge on any atom is 0.267 e. The van der Waals surface area contributed by atoms with Gasteiger partial charge in [0.15, 0.2) is 0 Å². The van der Waals surface area contributed by atoms with E-state index < -0.39 is 0 Å². The molecule has 1 saturated carbocycles. The summed E-state index contributed by atoms with van der Waals surface area (Å²) in [7, 11) is 1.85. The molecule has 0 atom stereocenters. The van der Waals surface area contributed by atoms with Crippen molar-refractivity contribution < 1.29 is 4.79 Å². The lowest BCUT2D eigenvalue weighted by atomic mass is 9.94. The molecule has 2 fully saturated rings. The molecule has 0 spiro atoms. The predicted octanol–water partition coefficient (Wildman–Crippen LogP) is 2.58. The molecule has 5 rings (SSSR count). The molecule has 3 heterocycles. The lowest BCUT2D eigenvalue weighted by molar-refractivity contribution is -0.133. The van der Waals surface area contributed by atoms with E-state index in [0.29, 0.717) is 0 Å². The Morgan fingerprint density at radius 3 is 2.62 bits per heavy atom. The predicted molar refractivity (Wildman–Crippen MR) is 123 cm³/mol. The second kappa shape index (κ2) is 9.00. The first-order chi connectivity index (χ1) is 15.6. The molecule has 32 heavy (non-hydrogen) atoms. The van der Waals surface area contributed by atoms with Gasteiger partial charge < -0.3 is 9.80 Å². The fourth-order valence-electron chi connectivity index (χ4n) is 5.26. The van der Waals surface area contributed by atoms with Gasteiger partial charge in [-0.3, -0.25) is 9.59 Å². The van der Waals surface area contributed by atoms with Crippen molar-refractivity contribution in [2.45, 2.75) is 76.8 Å². The van der Waals surface area contributed by atoms with Gasteiger partial charge in [0.05, 0.1) is 11.4 Å². The Hall–Kier alpha value is -2.77. The molecule has 1 saturated heterocycles. The molecular formula is C24H32N6O2. The van der Waals surface area contributed by atoms with Gasteiger partial charge in [0, 0.05) is 44.0 Å². The monoisotopic (exact) mass is 436 g/mol. The number of carbonyl (C=O) groups is 1. The molecule has 2 aromatic rings. The summed E-state index contributed by atoms with van der Waals surface area (Å²) in [5, 5.41) is 4.63. The van der Waals surface area contributed by atoms with E-state index in [9.17, 15) is 9.59 Å². The van der Waals surface area contributed by atoms with Crippen LogP contribution in [-0.2, 0) is 24.2 Å². The van der Waals surface area contributed by atoms with Crippen LogP contribution in [0.15, 0.2) is 17.1 Å². The smallest absolute Gasteiger partial charge is 0.267 e. The molecule has 170 valence electrons. The third-order valence-corrected chi connectivity index (χ3v) is 7.26. The zero-order valence-electron chi connectivity index (χ0n) is 18.9. The van der Waals surface area contributed by atoms with Gasteiger partial charge in [0.25, 0.3) is 5.56 Å². The van der Waals surface area contributed by atoms with Gasteiger partial charge in [-0.1, -0.05) is 19.3 Å². The van der Waals surface area contributed by atoms with Crippen molar-refractivity contribution in [1.82, 2.24) is 24.6 Å². The first kappa shape index (κ1) is 21.1. The number of hydrogen-bond acceptors (Lipinski definition) is 6. The van der Waals surface area contributed by atoms with Crippen molar-refractivity contribution in [1.29, 1.82) is 0 Å². The summed E-state index contributed by atoms with van der Waals surface area (Å²) >= 11 is 0. The standard InChI is InChI=1S/C24H32N6O2/c1-28(18-8-4-2-5-9-18)22(32)16-30-21(31)14-17-10-11-20-19(23(17)27-30)15-25-24(26-20)29-12-6-3-7-13-29/h14-15,18H,2-13,16H2,1H3. The highest BCUT2D eigenvalue weighted by molar-refractivity contribution is 5.76. The number of nitrogens with zero attached hydrogens (tertiary/aromatic N) is 6. The lowest BCUT2D eigenvalue weighted by Crippen LogP contribution is -2.42. The summed E-state index contributed by atoms with van der Waals surface area (Å²) < 4.78 is 1.31. The number of likely N-dealkylation sites (N-methyl/N-ethyl adjacent to an activating group) is 1. The molecule has 2 aromatic heterocycles. The van der Waals surface area contributed by atoms with E-state index in [1.165, 1.54) is 30.4 Å². The van der Waals surface area contributed by atoms with Crippen molar-refractivity contribution in [3.8, 4) is 11.3 Å². The maximum absolute atomic E-state index is 12.9. The van der Waals surface area contributed by atoms with E-state index in [4.69, 9.17) is 4.98 Å². The Labute approximate surface area is 188 Å². The molecule has 1 aliphatic heterocycles. The first-order valence-electron chi connectivity index (χ1n) is 12.1. The van der Waals surface area contributed by atoms with Crippen LogP contribution in [0.2, 0.25) is 0 Å². The Balaban J connectivity index is 1.39. The van der Waals surface area contributed by atoms with Gasteiger partial charge in [0.2, 0.25) is 11.9 Å². The Bertz CT molecular complexity index is 1050. The van der Waals surface area contributed by atoms with E-state index in [-0.39, 0.29) is 24.1 Å². The van der Waals surface area contributed by atoms with E-state index in [1.807, 2.05) is 18.1 Å². The van der Waals surface area contributed by atoms with Crippen LogP contribution in [0.5, 0.6) is 0 Å². The zero-order chi connectivity index (χ0) is 22.1. The topological polar surface area (TPSA) is 84.2 Å². The van der Waals surface area contributed by atoms with Crippen LogP contribution in [-0.4, -0.2) is 56.7 Å². The summed E-state index contributed by atoms with van der Waals surface area (Å²) in [4.78, 5) is 39.1. The summed E-state index contributed by atoms with van der Waals surface area (Å²) in [5.41, 5.74) is 3.30. The number of piperidine rings is 1. The van der Waals surface area contributed by atoms with Crippen molar-refractivity contribution in [2.75, 3.05) is 25.0 Å². The number of anilines is 1. The molecule has 0 radical (unpaired) electrons. The highest BCUT2D eigenvalue weighted by Gasteiger charge is 2.26. The fraction of sp³-hybridized carbons (Fsp3) is 0.625. The summed E-state index contributed by atoms with van der Waals surface area (Å²) in [6.07, 6.45) is 12.6. The van der Waals surface area contributed by atoms with Crippen LogP contribution in [0.25, 0.3) is 11.3 Å². The highest BCUT2D eigenvalue weighted by Crippen LogP contribution is 2.31. The summed E-state index contributed by atoms with van der Waals surface area (Å²) in [5.74, 6) is 0.740. The molecule has 2 aliphatic carbocycles. The Kier molecular flexibility index (Phi) is 5.93. The second-order valence-electron chi connectivity index (χ2n) is 9.39. The normalized spacial score (nSPS) is 18.7. The van der Waals surface area contributed by atoms with Gasteiger partial charge in [-0.05, 0) is 50.5 Å². The molecule has 3 aliphatic rings. The summed E-state index contributed by atoms with van der Waals surface area (Å²) in [6.45, 7) is 1.98.